The molecule has 0 unspecified atom stereocenters. The molecule has 4 rings (SSSR count). The van der Waals surface area contributed by atoms with Gasteiger partial charge >= 0.3 is 0 Å². The molecule has 0 aliphatic carbocycles. The van der Waals surface area contributed by atoms with Crippen LogP contribution in [0.5, 0.6) is 0 Å². The van der Waals surface area contributed by atoms with Crippen molar-refractivity contribution in [2.45, 2.75) is 0 Å². The van der Waals surface area contributed by atoms with E-state index in [1.165, 1.54) is 36.5 Å². The summed E-state index contributed by atoms with van der Waals surface area (Å²) in [6.07, 6.45) is 5.86. The molecular formula is C23H17BrClF2N7O. The van der Waals surface area contributed by atoms with Gasteiger partial charge in [-0.3, -0.25) is 9.48 Å². The van der Waals surface area contributed by atoms with Crippen molar-refractivity contribution in [1.29, 1.82) is 0 Å². The van der Waals surface area contributed by atoms with Crippen molar-refractivity contribution in [3.8, 4) is 11.1 Å². The number of rotatable bonds is 7. The Hall–Kier alpha value is -3.83. The van der Waals surface area contributed by atoms with E-state index in [4.69, 9.17) is 11.6 Å². The molecule has 35 heavy (non-hydrogen) atoms. The first-order chi connectivity index (χ1) is 16.7. The second-order valence-corrected chi connectivity index (χ2v) is 8.45. The molecule has 0 spiro atoms. The van der Waals surface area contributed by atoms with Crippen LogP contribution in [0.1, 0.15) is 0 Å². The highest BCUT2D eigenvalue weighted by molar-refractivity contribution is 9.10. The van der Waals surface area contributed by atoms with Crippen LogP contribution in [0.4, 0.5) is 37.6 Å². The van der Waals surface area contributed by atoms with Gasteiger partial charge in [0.15, 0.2) is 0 Å². The highest BCUT2D eigenvalue weighted by atomic mass is 79.9. The predicted octanol–water partition coefficient (Wildman–Crippen LogP) is 6.18. The molecule has 0 aliphatic rings. The lowest BCUT2D eigenvalue weighted by Crippen LogP contribution is -2.08. The van der Waals surface area contributed by atoms with Gasteiger partial charge in [-0.25, -0.2) is 13.8 Å². The third kappa shape index (κ3) is 5.64. The second kappa shape index (κ2) is 10.2. The molecule has 0 saturated heterocycles. The molecule has 0 fully saturated rings. The number of nitrogens with one attached hydrogen (secondary N) is 3. The number of hydrogen-bond donors (Lipinski definition) is 3. The van der Waals surface area contributed by atoms with Crippen LogP contribution in [0, 0.1) is 11.6 Å². The summed E-state index contributed by atoms with van der Waals surface area (Å²) in [5, 5.41) is 12.7. The van der Waals surface area contributed by atoms with Crippen LogP contribution in [-0.2, 0) is 11.8 Å². The van der Waals surface area contributed by atoms with Gasteiger partial charge in [0.1, 0.15) is 17.5 Å². The molecular weight excluding hydrogens is 544 g/mol. The zero-order chi connectivity index (χ0) is 25.1. The molecule has 0 bridgehead atoms. The largest absolute Gasteiger partial charge is 0.337 e. The maximum absolute atomic E-state index is 14.7. The topological polar surface area (TPSA) is 96.8 Å². The number of anilines is 5. The van der Waals surface area contributed by atoms with Gasteiger partial charge in [0.25, 0.3) is 0 Å². The summed E-state index contributed by atoms with van der Waals surface area (Å²) < 4.78 is 30.8. The fraction of sp³-hybridized carbons (Fsp3) is 0.0435. The number of hydrogen-bond acceptors (Lipinski definition) is 6. The van der Waals surface area contributed by atoms with Gasteiger partial charge in [-0.05, 0) is 57.9 Å². The quantitative estimate of drug-likeness (QED) is 0.184. The van der Waals surface area contributed by atoms with Gasteiger partial charge in [0.2, 0.25) is 11.9 Å². The lowest BCUT2D eigenvalue weighted by molar-refractivity contribution is -0.111. The zero-order valence-corrected chi connectivity index (χ0v) is 20.5. The van der Waals surface area contributed by atoms with E-state index in [0.717, 1.165) is 6.08 Å². The summed E-state index contributed by atoms with van der Waals surface area (Å²) in [5.41, 5.74) is 1.70. The minimum absolute atomic E-state index is 0.0165. The van der Waals surface area contributed by atoms with Gasteiger partial charge in [0.05, 0.1) is 27.1 Å². The van der Waals surface area contributed by atoms with Crippen LogP contribution in [0.3, 0.4) is 0 Å². The van der Waals surface area contributed by atoms with E-state index < -0.39 is 17.5 Å². The average Bonchev–Trinajstić information content (AvgIpc) is 3.23. The normalized spacial score (nSPS) is 10.7. The molecule has 8 nitrogen and oxygen atoms in total. The number of aromatic nitrogens is 4. The Morgan fingerprint density at radius 3 is 2.63 bits per heavy atom. The van der Waals surface area contributed by atoms with Gasteiger partial charge < -0.3 is 16.0 Å². The summed E-state index contributed by atoms with van der Waals surface area (Å²) in [7, 11) is 1.76. The Morgan fingerprint density at radius 1 is 1.14 bits per heavy atom. The van der Waals surface area contributed by atoms with Gasteiger partial charge in [-0.15, -0.1) is 0 Å². The van der Waals surface area contributed by atoms with Crippen molar-refractivity contribution in [2.24, 2.45) is 7.05 Å². The van der Waals surface area contributed by atoms with Gasteiger partial charge in [0, 0.05) is 30.7 Å². The standard InChI is InChI=1S/C23H17BrClF2N7O/c1-3-20(35)30-13-4-5-17(26)19(8-13)32-22-15(12-6-16(25)21(24)18(27)7-12)10-28-23(33-22)31-14-9-29-34(2)11-14/h3-11H,1H2,2H3,(H,30,35)(H2,28,31,32,33). The minimum Gasteiger partial charge on any atom is -0.337 e. The lowest BCUT2D eigenvalue weighted by atomic mass is 10.1. The molecule has 178 valence electrons. The van der Waals surface area contributed by atoms with Crippen LogP contribution >= 0.6 is 27.5 Å². The lowest BCUT2D eigenvalue weighted by Gasteiger charge is -2.15. The molecule has 3 N–H and O–H groups in total. The van der Waals surface area contributed by atoms with E-state index in [-0.39, 0.29) is 26.9 Å². The first-order valence-electron chi connectivity index (χ1n) is 10.0. The monoisotopic (exact) mass is 559 g/mol. The maximum Gasteiger partial charge on any atom is 0.247 e. The Balaban J connectivity index is 1.78. The van der Waals surface area contributed by atoms with E-state index >= 15 is 0 Å². The van der Waals surface area contributed by atoms with Crippen molar-refractivity contribution in [2.75, 3.05) is 16.0 Å². The molecule has 2 heterocycles. The number of benzene rings is 2. The van der Waals surface area contributed by atoms with Crippen LogP contribution in [0.15, 0.2) is 66.1 Å². The number of carbonyl (C=O) groups excluding carboxylic acids is 1. The Bertz CT molecular complexity index is 1420. The summed E-state index contributed by atoms with van der Waals surface area (Å²) >= 11 is 9.24. The highest BCUT2D eigenvalue weighted by Crippen LogP contribution is 2.36. The van der Waals surface area contributed by atoms with Gasteiger partial charge in [-0.1, -0.05) is 18.2 Å². The summed E-state index contributed by atoms with van der Waals surface area (Å²) in [6.45, 7) is 3.40. The van der Waals surface area contributed by atoms with Crippen molar-refractivity contribution >= 4 is 62.3 Å². The molecule has 0 aliphatic heterocycles. The second-order valence-electron chi connectivity index (χ2n) is 7.25. The SMILES string of the molecule is C=CC(=O)Nc1ccc(F)c(Nc2nc(Nc3cnn(C)c3)ncc2-c2cc(F)c(Br)c(Cl)c2)c1. The number of aryl methyl sites for hydroxylation is 1. The molecule has 0 saturated carbocycles. The molecule has 0 atom stereocenters. The van der Waals surface area contributed by atoms with E-state index in [0.29, 0.717) is 22.5 Å². The Kier molecular flexibility index (Phi) is 7.08. The average molecular weight is 561 g/mol. The summed E-state index contributed by atoms with van der Waals surface area (Å²) in [4.78, 5) is 20.4. The van der Waals surface area contributed by atoms with E-state index in [2.05, 4.69) is 53.5 Å². The van der Waals surface area contributed by atoms with Crippen LogP contribution in [0.2, 0.25) is 5.02 Å². The van der Waals surface area contributed by atoms with Crippen LogP contribution in [0.25, 0.3) is 11.1 Å². The van der Waals surface area contributed by atoms with E-state index in [1.807, 2.05) is 0 Å². The predicted molar refractivity (Wildman–Crippen MR) is 135 cm³/mol. The van der Waals surface area contributed by atoms with Crippen molar-refractivity contribution in [3.63, 3.8) is 0 Å². The molecule has 1 amide bonds. The Morgan fingerprint density at radius 2 is 1.94 bits per heavy atom. The first kappa shape index (κ1) is 24.3. The van der Waals surface area contributed by atoms with Crippen LogP contribution < -0.4 is 16.0 Å². The van der Waals surface area contributed by atoms with Crippen molar-refractivity contribution in [3.05, 3.63) is 82.7 Å². The first-order valence-corrected chi connectivity index (χ1v) is 11.2. The Labute approximate surface area is 212 Å². The molecule has 0 radical (unpaired) electrons. The van der Waals surface area contributed by atoms with E-state index in [1.54, 1.807) is 24.1 Å². The fourth-order valence-corrected chi connectivity index (χ4v) is 3.53. The van der Waals surface area contributed by atoms with Crippen molar-refractivity contribution < 1.29 is 13.6 Å². The van der Waals surface area contributed by atoms with Crippen LogP contribution in [-0.4, -0.2) is 25.7 Å². The van der Waals surface area contributed by atoms with Crippen molar-refractivity contribution in [1.82, 2.24) is 19.7 Å². The molecule has 2 aromatic heterocycles. The number of halogens is 4. The highest BCUT2D eigenvalue weighted by Gasteiger charge is 2.16. The van der Waals surface area contributed by atoms with Gasteiger partial charge in [-0.2, -0.15) is 10.1 Å². The molecule has 2 aromatic carbocycles. The smallest absolute Gasteiger partial charge is 0.247 e. The summed E-state index contributed by atoms with van der Waals surface area (Å²) in [6, 6.07) is 6.77. The third-order valence-electron chi connectivity index (χ3n) is 4.72. The number of amides is 1. The molecule has 12 heteroatoms. The van der Waals surface area contributed by atoms with E-state index in [9.17, 15) is 13.6 Å². The fourth-order valence-electron chi connectivity index (χ4n) is 3.09. The zero-order valence-electron chi connectivity index (χ0n) is 18.1. The number of carbonyl (C=O) groups is 1. The minimum atomic E-state index is -0.604. The number of nitrogens with zero attached hydrogens (tertiary/aromatic N) is 4. The summed E-state index contributed by atoms with van der Waals surface area (Å²) in [5.74, 6) is -1.29. The third-order valence-corrected chi connectivity index (χ3v) is 6.05. The molecule has 4 aromatic rings. The maximum atomic E-state index is 14.7.